The van der Waals surface area contributed by atoms with Crippen LogP contribution in [0.2, 0.25) is 0 Å². The van der Waals surface area contributed by atoms with Gasteiger partial charge < -0.3 is 10.5 Å². The third kappa shape index (κ3) is 2.09. The topological polar surface area (TPSA) is 35.2 Å². The molecule has 0 aliphatic heterocycles. The number of ether oxygens (including phenoxy) is 1. The third-order valence-electron chi connectivity index (χ3n) is 4.90. The van der Waals surface area contributed by atoms with Crippen molar-refractivity contribution in [3.8, 4) is 5.75 Å². The first-order valence-corrected chi connectivity index (χ1v) is 7.13. The zero-order chi connectivity index (χ0) is 12.7. The lowest BCUT2D eigenvalue weighted by Gasteiger charge is -2.22. The van der Waals surface area contributed by atoms with Crippen molar-refractivity contribution < 1.29 is 4.74 Å². The molecule has 2 heteroatoms. The van der Waals surface area contributed by atoms with E-state index in [1.165, 1.54) is 25.7 Å². The van der Waals surface area contributed by atoms with E-state index in [9.17, 15) is 0 Å². The highest BCUT2D eigenvalue weighted by atomic mass is 16.5. The van der Waals surface area contributed by atoms with E-state index >= 15 is 0 Å². The number of nitrogen functional groups attached to an aromatic ring is 1. The maximum Gasteiger partial charge on any atom is 0.122 e. The van der Waals surface area contributed by atoms with Gasteiger partial charge in [-0.1, -0.05) is 6.42 Å². The van der Waals surface area contributed by atoms with Crippen molar-refractivity contribution in [2.45, 2.75) is 39.5 Å². The zero-order valence-electron chi connectivity index (χ0n) is 11.4. The number of rotatable bonds is 3. The number of hydrogen-bond acceptors (Lipinski definition) is 2. The van der Waals surface area contributed by atoms with E-state index in [0.717, 1.165) is 46.9 Å². The molecule has 0 radical (unpaired) electrons. The van der Waals surface area contributed by atoms with Crippen molar-refractivity contribution in [2.75, 3.05) is 12.3 Å². The highest BCUT2D eigenvalue weighted by Crippen LogP contribution is 2.48. The van der Waals surface area contributed by atoms with Crippen molar-refractivity contribution in [2.24, 2.45) is 17.8 Å². The number of fused-ring (bicyclic) bond motifs is 2. The molecule has 3 atom stereocenters. The normalized spacial score (nSPS) is 29.8. The predicted octanol–water partition coefficient (Wildman–Crippen LogP) is 3.70. The molecule has 1 aromatic rings. The molecule has 2 fully saturated rings. The summed E-state index contributed by atoms with van der Waals surface area (Å²) in [7, 11) is 0. The summed E-state index contributed by atoms with van der Waals surface area (Å²) in [5, 5.41) is 0. The maximum atomic E-state index is 6.05. The van der Waals surface area contributed by atoms with E-state index < -0.39 is 0 Å². The Morgan fingerprint density at radius 2 is 2.00 bits per heavy atom. The minimum absolute atomic E-state index is 0.793. The van der Waals surface area contributed by atoms with Crippen molar-refractivity contribution in [1.29, 1.82) is 0 Å². The predicted molar refractivity (Wildman–Crippen MR) is 74.8 cm³/mol. The first kappa shape index (κ1) is 11.9. The average molecular weight is 245 g/mol. The Balaban J connectivity index is 1.65. The second kappa shape index (κ2) is 4.49. The minimum Gasteiger partial charge on any atom is -0.493 e. The van der Waals surface area contributed by atoms with Crippen molar-refractivity contribution >= 4 is 5.69 Å². The van der Waals surface area contributed by atoms with Crippen LogP contribution in [0.5, 0.6) is 5.75 Å². The summed E-state index contributed by atoms with van der Waals surface area (Å²) in [6.07, 6.45) is 5.73. The Morgan fingerprint density at radius 1 is 1.17 bits per heavy atom. The number of nitrogens with two attached hydrogens (primary N) is 1. The molecule has 0 spiro atoms. The van der Waals surface area contributed by atoms with Crippen LogP contribution >= 0.6 is 0 Å². The van der Waals surface area contributed by atoms with Gasteiger partial charge in [-0.05, 0) is 74.1 Å². The monoisotopic (exact) mass is 245 g/mol. The van der Waals surface area contributed by atoms with Crippen LogP contribution in [-0.4, -0.2) is 6.61 Å². The second-order valence-corrected chi connectivity index (χ2v) is 6.22. The lowest BCUT2D eigenvalue weighted by atomic mass is 9.89. The van der Waals surface area contributed by atoms with Crippen LogP contribution in [0.15, 0.2) is 12.1 Å². The highest BCUT2D eigenvalue weighted by Gasteiger charge is 2.39. The molecule has 2 aliphatic carbocycles. The number of benzene rings is 1. The van der Waals surface area contributed by atoms with Crippen LogP contribution in [0.1, 0.15) is 36.8 Å². The van der Waals surface area contributed by atoms with E-state index in [1.807, 2.05) is 13.0 Å². The van der Waals surface area contributed by atoms with Crippen LogP contribution in [0.4, 0.5) is 5.69 Å². The Hall–Kier alpha value is -1.18. The fraction of sp³-hybridized carbons (Fsp3) is 0.625. The molecule has 2 saturated carbocycles. The van der Waals surface area contributed by atoms with E-state index in [0.29, 0.717) is 0 Å². The highest BCUT2D eigenvalue weighted by molar-refractivity contribution is 5.53. The Morgan fingerprint density at radius 3 is 2.67 bits per heavy atom. The van der Waals surface area contributed by atoms with Gasteiger partial charge in [0.15, 0.2) is 0 Å². The molecule has 2 N–H and O–H groups in total. The van der Waals surface area contributed by atoms with Gasteiger partial charge in [0.05, 0.1) is 6.61 Å². The number of anilines is 1. The Kier molecular flexibility index (Phi) is 2.96. The summed E-state index contributed by atoms with van der Waals surface area (Å²) in [6.45, 7) is 5.01. The molecular weight excluding hydrogens is 222 g/mol. The molecule has 0 amide bonds. The van der Waals surface area contributed by atoms with Gasteiger partial charge in [0.2, 0.25) is 0 Å². The maximum absolute atomic E-state index is 6.05. The van der Waals surface area contributed by atoms with E-state index in [2.05, 4.69) is 13.0 Å². The lowest BCUT2D eigenvalue weighted by molar-refractivity contribution is 0.194. The molecule has 2 aliphatic rings. The van der Waals surface area contributed by atoms with Gasteiger partial charge in [0.25, 0.3) is 0 Å². The van der Waals surface area contributed by atoms with Crippen LogP contribution in [0.25, 0.3) is 0 Å². The van der Waals surface area contributed by atoms with Crippen molar-refractivity contribution in [3.05, 3.63) is 23.3 Å². The summed E-state index contributed by atoms with van der Waals surface area (Å²) in [5.41, 5.74) is 9.03. The average Bonchev–Trinajstić information content (AvgIpc) is 2.94. The van der Waals surface area contributed by atoms with Gasteiger partial charge in [0.1, 0.15) is 5.75 Å². The largest absolute Gasteiger partial charge is 0.493 e. The van der Waals surface area contributed by atoms with E-state index in [-0.39, 0.29) is 0 Å². The molecular formula is C16H23NO. The molecule has 3 unspecified atom stereocenters. The molecule has 1 aromatic carbocycles. The van der Waals surface area contributed by atoms with E-state index in [1.54, 1.807) is 0 Å². The summed E-state index contributed by atoms with van der Waals surface area (Å²) in [5.74, 6) is 3.74. The summed E-state index contributed by atoms with van der Waals surface area (Å²) in [4.78, 5) is 0. The summed E-state index contributed by atoms with van der Waals surface area (Å²) in [6, 6.07) is 4.10. The molecule has 3 rings (SSSR count). The molecule has 0 aromatic heterocycles. The first-order chi connectivity index (χ1) is 8.63. The molecule has 2 nitrogen and oxygen atoms in total. The Bertz CT molecular complexity index is 455. The van der Waals surface area contributed by atoms with Gasteiger partial charge >= 0.3 is 0 Å². The lowest BCUT2D eigenvalue weighted by Crippen LogP contribution is -2.18. The first-order valence-electron chi connectivity index (χ1n) is 7.13. The van der Waals surface area contributed by atoms with Crippen LogP contribution in [-0.2, 0) is 0 Å². The van der Waals surface area contributed by atoms with Crippen molar-refractivity contribution in [1.82, 2.24) is 0 Å². The molecule has 18 heavy (non-hydrogen) atoms. The summed E-state index contributed by atoms with van der Waals surface area (Å²) < 4.78 is 6.05. The molecule has 2 bridgehead atoms. The fourth-order valence-corrected chi connectivity index (χ4v) is 3.74. The van der Waals surface area contributed by atoms with Gasteiger partial charge in [-0.15, -0.1) is 0 Å². The van der Waals surface area contributed by atoms with Crippen LogP contribution in [0.3, 0.4) is 0 Å². The van der Waals surface area contributed by atoms with Crippen molar-refractivity contribution in [3.63, 3.8) is 0 Å². The third-order valence-corrected chi connectivity index (χ3v) is 4.90. The smallest absolute Gasteiger partial charge is 0.122 e. The van der Waals surface area contributed by atoms with Gasteiger partial charge in [-0.25, -0.2) is 0 Å². The fourth-order valence-electron chi connectivity index (χ4n) is 3.74. The molecule has 0 heterocycles. The molecule has 0 saturated heterocycles. The van der Waals surface area contributed by atoms with E-state index in [4.69, 9.17) is 10.5 Å². The van der Waals surface area contributed by atoms with Crippen LogP contribution < -0.4 is 10.5 Å². The summed E-state index contributed by atoms with van der Waals surface area (Å²) >= 11 is 0. The number of hydrogen-bond donors (Lipinski definition) is 1. The van der Waals surface area contributed by atoms with Gasteiger partial charge in [0, 0.05) is 5.69 Å². The Labute approximate surface area is 110 Å². The zero-order valence-corrected chi connectivity index (χ0v) is 11.4. The van der Waals surface area contributed by atoms with Crippen LogP contribution in [0, 0.1) is 31.6 Å². The second-order valence-electron chi connectivity index (χ2n) is 6.22. The quantitative estimate of drug-likeness (QED) is 0.824. The number of aryl methyl sites for hydroxylation is 2. The standard InChI is InChI=1S/C16H23NO/c1-10-6-16(11(2)5-15(10)17)18-9-14-8-12-3-4-13(14)7-12/h5-6,12-14H,3-4,7-9,17H2,1-2H3. The minimum atomic E-state index is 0.793. The van der Waals surface area contributed by atoms with Gasteiger partial charge in [-0.2, -0.15) is 0 Å². The molecule has 98 valence electrons. The van der Waals surface area contributed by atoms with Gasteiger partial charge in [-0.3, -0.25) is 0 Å². The SMILES string of the molecule is Cc1cc(OCC2CC3CCC2C3)c(C)cc1N.